The van der Waals surface area contributed by atoms with Gasteiger partial charge in [0.15, 0.2) is 5.82 Å². The normalized spacial score (nSPS) is 10.5. The van der Waals surface area contributed by atoms with Crippen molar-refractivity contribution in [2.24, 2.45) is 0 Å². The van der Waals surface area contributed by atoms with E-state index in [-0.39, 0.29) is 17.5 Å². The fourth-order valence-corrected chi connectivity index (χ4v) is 2.65. The molecule has 0 bridgehead atoms. The quantitative estimate of drug-likeness (QED) is 0.676. The van der Waals surface area contributed by atoms with E-state index in [0.29, 0.717) is 17.5 Å². The first-order chi connectivity index (χ1) is 11.7. The number of halogens is 1. The van der Waals surface area contributed by atoms with Gasteiger partial charge >= 0.3 is 0 Å². The maximum atomic E-state index is 12.8. The van der Waals surface area contributed by atoms with Gasteiger partial charge in [-0.15, -0.1) is 5.10 Å². The standard InChI is InChI=1S/C17H15FN4OS/c18-14-8-6-12(7-9-14)10-19-15(23)11-24-17-20-16(21-22-17)13-4-2-1-3-5-13/h1-9H,10-11H2,(H,19,23)(H,20,21,22). The lowest BCUT2D eigenvalue weighted by Crippen LogP contribution is -2.24. The summed E-state index contributed by atoms with van der Waals surface area (Å²) in [6, 6.07) is 15.7. The number of carbonyl (C=O) groups excluding carboxylic acids is 1. The Morgan fingerprint density at radius 2 is 1.88 bits per heavy atom. The van der Waals surface area contributed by atoms with Crippen LogP contribution in [0.2, 0.25) is 0 Å². The first-order valence-corrected chi connectivity index (χ1v) is 8.31. The van der Waals surface area contributed by atoms with E-state index in [1.165, 1.54) is 23.9 Å². The summed E-state index contributed by atoms with van der Waals surface area (Å²) in [6.07, 6.45) is 0. The van der Waals surface area contributed by atoms with E-state index in [0.717, 1.165) is 11.1 Å². The third-order valence-electron chi connectivity index (χ3n) is 3.25. The summed E-state index contributed by atoms with van der Waals surface area (Å²) in [7, 11) is 0. The predicted octanol–water partition coefficient (Wildman–Crippen LogP) is 3.02. The van der Waals surface area contributed by atoms with Crippen molar-refractivity contribution in [2.75, 3.05) is 5.75 Å². The van der Waals surface area contributed by atoms with Crippen molar-refractivity contribution < 1.29 is 9.18 Å². The number of benzene rings is 2. The molecular weight excluding hydrogens is 327 g/mol. The lowest BCUT2D eigenvalue weighted by molar-refractivity contribution is -0.118. The van der Waals surface area contributed by atoms with E-state index in [1.54, 1.807) is 12.1 Å². The Balaban J connectivity index is 1.48. The van der Waals surface area contributed by atoms with Crippen LogP contribution in [0.15, 0.2) is 59.8 Å². The topological polar surface area (TPSA) is 70.7 Å². The molecule has 0 spiro atoms. The summed E-state index contributed by atoms with van der Waals surface area (Å²) >= 11 is 1.26. The van der Waals surface area contributed by atoms with Crippen molar-refractivity contribution in [3.63, 3.8) is 0 Å². The number of carbonyl (C=O) groups is 1. The molecule has 3 rings (SSSR count). The van der Waals surface area contributed by atoms with Crippen LogP contribution in [0, 0.1) is 5.82 Å². The average molecular weight is 342 g/mol. The van der Waals surface area contributed by atoms with E-state index in [9.17, 15) is 9.18 Å². The third kappa shape index (κ3) is 4.42. The minimum Gasteiger partial charge on any atom is -0.351 e. The van der Waals surface area contributed by atoms with Crippen molar-refractivity contribution in [3.05, 3.63) is 66.0 Å². The highest BCUT2D eigenvalue weighted by Crippen LogP contribution is 2.18. The van der Waals surface area contributed by atoms with Gasteiger partial charge in [-0.05, 0) is 17.7 Å². The van der Waals surface area contributed by atoms with Gasteiger partial charge in [0.1, 0.15) is 5.82 Å². The summed E-state index contributed by atoms with van der Waals surface area (Å²) in [5, 5.41) is 10.3. The molecule has 1 amide bonds. The van der Waals surface area contributed by atoms with E-state index >= 15 is 0 Å². The second-order valence-electron chi connectivity index (χ2n) is 5.02. The SMILES string of the molecule is O=C(CSc1n[nH]c(-c2ccccc2)n1)NCc1ccc(F)cc1. The fourth-order valence-electron chi connectivity index (χ4n) is 2.02. The molecule has 0 unspecified atom stereocenters. The monoisotopic (exact) mass is 342 g/mol. The van der Waals surface area contributed by atoms with Gasteiger partial charge in [-0.2, -0.15) is 0 Å². The van der Waals surface area contributed by atoms with Crippen LogP contribution in [-0.4, -0.2) is 26.8 Å². The van der Waals surface area contributed by atoms with Crippen LogP contribution in [-0.2, 0) is 11.3 Å². The molecule has 0 atom stereocenters. The van der Waals surface area contributed by atoms with Gasteiger partial charge < -0.3 is 5.32 Å². The Labute approximate surface area is 142 Å². The molecular formula is C17H15FN4OS. The third-order valence-corrected chi connectivity index (χ3v) is 4.09. The van der Waals surface area contributed by atoms with Crippen LogP contribution in [0.1, 0.15) is 5.56 Å². The predicted molar refractivity (Wildman–Crippen MR) is 90.8 cm³/mol. The summed E-state index contributed by atoms with van der Waals surface area (Å²) < 4.78 is 12.8. The second kappa shape index (κ2) is 7.74. The summed E-state index contributed by atoms with van der Waals surface area (Å²) in [5.74, 6) is 0.465. The number of thioether (sulfide) groups is 1. The lowest BCUT2D eigenvalue weighted by atomic mass is 10.2. The summed E-state index contributed by atoms with van der Waals surface area (Å²) in [5.41, 5.74) is 1.79. The van der Waals surface area contributed by atoms with Gasteiger partial charge in [0, 0.05) is 12.1 Å². The highest BCUT2D eigenvalue weighted by Gasteiger charge is 2.08. The molecule has 0 aliphatic heterocycles. The first kappa shape index (κ1) is 16.2. The first-order valence-electron chi connectivity index (χ1n) is 7.32. The largest absolute Gasteiger partial charge is 0.351 e. The van der Waals surface area contributed by atoms with Crippen LogP contribution in [0.4, 0.5) is 4.39 Å². The second-order valence-corrected chi connectivity index (χ2v) is 5.97. The Bertz CT molecular complexity index is 805. The highest BCUT2D eigenvalue weighted by atomic mass is 32.2. The van der Waals surface area contributed by atoms with Gasteiger partial charge in [-0.1, -0.05) is 54.2 Å². The fraction of sp³-hybridized carbons (Fsp3) is 0.118. The van der Waals surface area contributed by atoms with E-state index in [1.807, 2.05) is 30.3 Å². The van der Waals surface area contributed by atoms with Crippen molar-refractivity contribution in [1.29, 1.82) is 0 Å². The van der Waals surface area contributed by atoms with Crippen molar-refractivity contribution in [3.8, 4) is 11.4 Å². The Morgan fingerprint density at radius 3 is 2.62 bits per heavy atom. The number of aromatic nitrogens is 3. The van der Waals surface area contributed by atoms with Crippen molar-refractivity contribution in [2.45, 2.75) is 11.7 Å². The zero-order valence-electron chi connectivity index (χ0n) is 12.7. The van der Waals surface area contributed by atoms with Gasteiger partial charge in [-0.25, -0.2) is 9.37 Å². The minimum absolute atomic E-state index is 0.129. The molecule has 0 radical (unpaired) electrons. The van der Waals surface area contributed by atoms with Gasteiger partial charge in [0.25, 0.3) is 0 Å². The van der Waals surface area contributed by atoms with Crippen LogP contribution in [0.3, 0.4) is 0 Å². The molecule has 0 aliphatic rings. The number of nitrogens with one attached hydrogen (secondary N) is 2. The number of nitrogens with zero attached hydrogens (tertiary/aromatic N) is 2. The molecule has 122 valence electrons. The van der Waals surface area contributed by atoms with E-state index < -0.39 is 0 Å². The highest BCUT2D eigenvalue weighted by molar-refractivity contribution is 7.99. The van der Waals surface area contributed by atoms with E-state index in [2.05, 4.69) is 20.5 Å². The number of aromatic amines is 1. The molecule has 7 heteroatoms. The van der Waals surface area contributed by atoms with Crippen molar-refractivity contribution >= 4 is 17.7 Å². The van der Waals surface area contributed by atoms with Crippen LogP contribution < -0.4 is 5.32 Å². The molecule has 5 nitrogen and oxygen atoms in total. The number of rotatable bonds is 6. The number of hydrogen-bond acceptors (Lipinski definition) is 4. The minimum atomic E-state index is -0.292. The Morgan fingerprint density at radius 1 is 1.12 bits per heavy atom. The lowest BCUT2D eigenvalue weighted by Gasteiger charge is -2.04. The molecule has 1 heterocycles. The number of hydrogen-bond donors (Lipinski definition) is 2. The number of H-pyrrole nitrogens is 1. The molecule has 0 aliphatic carbocycles. The van der Waals surface area contributed by atoms with Crippen LogP contribution in [0.5, 0.6) is 0 Å². The van der Waals surface area contributed by atoms with Gasteiger partial charge in [-0.3, -0.25) is 9.89 Å². The van der Waals surface area contributed by atoms with E-state index in [4.69, 9.17) is 0 Å². The summed E-state index contributed by atoms with van der Waals surface area (Å²) in [6.45, 7) is 0.364. The maximum absolute atomic E-state index is 12.8. The zero-order valence-corrected chi connectivity index (χ0v) is 13.5. The molecule has 2 aromatic carbocycles. The van der Waals surface area contributed by atoms with Crippen LogP contribution in [0.25, 0.3) is 11.4 Å². The molecule has 0 saturated heterocycles. The number of amides is 1. The van der Waals surface area contributed by atoms with Crippen LogP contribution >= 0.6 is 11.8 Å². The molecule has 1 aromatic heterocycles. The van der Waals surface area contributed by atoms with Crippen molar-refractivity contribution in [1.82, 2.24) is 20.5 Å². The molecule has 24 heavy (non-hydrogen) atoms. The Kier molecular flexibility index (Phi) is 5.22. The van der Waals surface area contributed by atoms with Gasteiger partial charge in [0.05, 0.1) is 5.75 Å². The molecule has 2 N–H and O–H groups in total. The molecule has 3 aromatic rings. The zero-order chi connectivity index (χ0) is 16.8. The maximum Gasteiger partial charge on any atom is 0.230 e. The smallest absolute Gasteiger partial charge is 0.230 e. The summed E-state index contributed by atoms with van der Waals surface area (Å²) in [4.78, 5) is 16.2. The molecule has 0 saturated carbocycles. The average Bonchev–Trinajstić information content (AvgIpc) is 3.09. The Hall–Kier alpha value is -2.67. The van der Waals surface area contributed by atoms with Gasteiger partial charge in [0.2, 0.25) is 11.1 Å². The molecule has 0 fully saturated rings.